The van der Waals surface area contributed by atoms with Crippen molar-refractivity contribution in [1.82, 2.24) is 0 Å². The predicted molar refractivity (Wildman–Crippen MR) is 76.8 cm³/mol. The van der Waals surface area contributed by atoms with Crippen LogP contribution in [0.5, 0.6) is 0 Å². The first kappa shape index (κ1) is 25.6. The number of hydrogen-bond acceptors (Lipinski definition) is 4. The third-order valence-electron chi connectivity index (χ3n) is 2.97. The van der Waals surface area contributed by atoms with Crippen LogP contribution in [0, 0.1) is 0 Å². The first-order valence-electron chi connectivity index (χ1n) is 7.94. The molecular formula is C16H30O4Pt. The number of carbonyl (C=O) groups is 2. The molecule has 0 rings (SSSR count). The minimum atomic E-state index is -0.920. The normalized spacial score (nSPS) is 9.24. The van der Waals surface area contributed by atoms with E-state index >= 15 is 0 Å². The third kappa shape index (κ3) is 32.8. The van der Waals surface area contributed by atoms with Gasteiger partial charge in [0.25, 0.3) is 0 Å². The standard InChI is InChI=1S/2C8H16O2.Pt/c2*1-2-3-4-5-6-7-8(9)10;/h2*2-7H2,1H3,(H,9,10);/q;;+2/p-2. The second-order valence-corrected chi connectivity index (χ2v) is 5.07. The van der Waals surface area contributed by atoms with Crippen LogP contribution in [0.15, 0.2) is 0 Å². The van der Waals surface area contributed by atoms with Crippen molar-refractivity contribution in [2.24, 2.45) is 0 Å². The first-order valence-corrected chi connectivity index (χ1v) is 7.94. The summed E-state index contributed by atoms with van der Waals surface area (Å²) in [5.41, 5.74) is 0. The van der Waals surface area contributed by atoms with E-state index in [1.807, 2.05) is 0 Å². The van der Waals surface area contributed by atoms with Crippen LogP contribution in [-0.4, -0.2) is 11.9 Å². The number of rotatable bonds is 12. The van der Waals surface area contributed by atoms with Crippen molar-refractivity contribution in [1.29, 1.82) is 0 Å². The van der Waals surface area contributed by atoms with Crippen molar-refractivity contribution < 1.29 is 40.9 Å². The summed E-state index contributed by atoms with van der Waals surface area (Å²) in [6, 6.07) is 0. The monoisotopic (exact) mass is 481 g/mol. The van der Waals surface area contributed by atoms with Gasteiger partial charge in [-0.05, 0) is 25.7 Å². The Morgan fingerprint density at radius 1 is 0.619 bits per heavy atom. The van der Waals surface area contributed by atoms with E-state index in [-0.39, 0.29) is 33.9 Å². The maximum absolute atomic E-state index is 9.92. The fourth-order valence-corrected chi connectivity index (χ4v) is 1.75. The molecule has 0 amide bonds. The van der Waals surface area contributed by atoms with Crippen LogP contribution in [0.3, 0.4) is 0 Å². The molecule has 0 aliphatic heterocycles. The van der Waals surface area contributed by atoms with Crippen LogP contribution >= 0.6 is 0 Å². The molecule has 0 aliphatic rings. The number of carboxylic acids is 2. The van der Waals surface area contributed by atoms with Crippen molar-refractivity contribution in [3.05, 3.63) is 0 Å². The molecule has 5 heteroatoms. The van der Waals surface area contributed by atoms with E-state index in [9.17, 15) is 19.8 Å². The fourth-order valence-electron chi connectivity index (χ4n) is 1.75. The molecule has 0 saturated carbocycles. The Kier molecular flexibility index (Phi) is 26.7. The summed E-state index contributed by atoms with van der Waals surface area (Å²) in [6.07, 6.45) is 11.2. The zero-order valence-corrected chi connectivity index (χ0v) is 15.7. The van der Waals surface area contributed by atoms with Gasteiger partial charge in [-0.15, -0.1) is 0 Å². The van der Waals surface area contributed by atoms with Gasteiger partial charge < -0.3 is 19.8 Å². The average Bonchev–Trinajstić information content (AvgIpc) is 2.38. The maximum atomic E-state index is 9.92. The minimum Gasteiger partial charge on any atom is -0.550 e. The summed E-state index contributed by atoms with van der Waals surface area (Å²) in [4.78, 5) is 19.8. The molecule has 0 atom stereocenters. The van der Waals surface area contributed by atoms with Crippen molar-refractivity contribution in [3.63, 3.8) is 0 Å². The largest absolute Gasteiger partial charge is 2.00 e. The molecule has 0 spiro atoms. The van der Waals surface area contributed by atoms with Crippen LogP contribution in [0.1, 0.15) is 90.9 Å². The number of aliphatic carboxylic acids is 2. The maximum Gasteiger partial charge on any atom is 2.00 e. The van der Waals surface area contributed by atoms with Gasteiger partial charge in [0, 0.05) is 11.9 Å². The van der Waals surface area contributed by atoms with Gasteiger partial charge in [0.2, 0.25) is 0 Å². The molecule has 21 heavy (non-hydrogen) atoms. The van der Waals surface area contributed by atoms with E-state index in [2.05, 4.69) is 13.8 Å². The molecule has 0 saturated heterocycles. The fraction of sp³-hybridized carbons (Fsp3) is 0.875. The quantitative estimate of drug-likeness (QED) is 0.401. The summed E-state index contributed by atoms with van der Waals surface area (Å²) in [7, 11) is 0. The molecule has 0 aromatic carbocycles. The van der Waals surface area contributed by atoms with Gasteiger partial charge in [0.15, 0.2) is 0 Å². The Balaban J connectivity index is -0.000000295. The average molecular weight is 481 g/mol. The summed E-state index contributed by atoms with van der Waals surface area (Å²) in [6.45, 7) is 4.28. The van der Waals surface area contributed by atoms with Crippen LogP contribution in [-0.2, 0) is 30.7 Å². The third-order valence-corrected chi connectivity index (χ3v) is 2.97. The van der Waals surface area contributed by atoms with E-state index < -0.39 is 11.9 Å². The van der Waals surface area contributed by atoms with E-state index in [0.29, 0.717) is 0 Å². The molecule has 128 valence electrons. The van der Waals surface area contributed by atoms with Crippen molar-refractivity contribution in [2.45, 2.75) is 90.9 Å². The number of unbranched alkanes of at least 4 members (excludes halogenated alkanes) is 8. The molecule has 4 nitrogen and oxygen atoms in total. The molecule has 0 N–H and O–H groups in total. The number of carbonyl (C=O) groups excluding carboxylic acids is 2. The molecule has 0 fully saturated rings. The summed E-state index contributed by atoms with van der Waals surface area (Å²) in [5, 5.41) is 19.8. The van der Waals surface area contributed by atoms with Crippen molar-refractivity contribution in [2.75, 3.05) is 0 Å². The van der Waals surface area contributed by atoms with Gasteiger partial charge in [-0.1, -0.05) is 65.2 Å². The molecule has 0 heterocycles. The van der Waals surface area contributed by atoms with Crippen molar-refractivity contribution >= 4 is 11.9 Å². The summed E-state index contributed by atoms with van der Waals surface area (Å²) in [5.74, 6) is -1.84. The SMILES string of the molecule is CCCCCCCC(=O)[O-].CCCCCCCC(=O)[O-].[Pt+2]. The Morgan fingerprint density at radius 3 is 1.14 bits per heavy atom. The second kappa shape index (κ2) is 21.9. The second-order valence-electron chi connectivity index (χ2n) is 5.07. The van der Waals surface area contributed by atoms with E-state index in [1.165, 1.54) is 25.7 Å². The molecular weight excluding hydrogens is 451 g/mol. The Morgan fingerprint density at radius 2 is 0.905 bits per heavy atom. The van der Waals surface area contributed by atoms with Crippen LogP contribution < -0.4 is 10.2 Å². The van der Waals surface area contributed by atoms with E-state index in [1.54, 1.807) is 0 Å². The Bertz CT molecular complexity index is 208. The van der Waals surface area contributed by atoms with Crippen LogP contribution in [0.2, 0.25) is 0 Å². The van der Waals surface area contributed by atoms with E-state index in [0.717, 1.165) is 38.5 Å². The molecule has 0 aromatic heterocycles. The zero-order valence-electron chi connectivity index (χ0n) is 13.4. The molecule has 0 aliphatic carbocycles. The summed E-state index contributed by atoms with van der Waals surface area (Å²) >= 11 is 0. The first-order chi connectivity index (χ1) is 9.54. The predicted octanol–water partition coefficient (Wildman–Crippen LogP) is 2.19. The number of hydrogen-bond donors (Lipinski definition) is 0. The van der Waals surface area contributed by atoms with Gasteiger partial charge >= 0.3 is 21.1 Å². The van der Waals surface area contributed by atoms with Gasteiger partial charge in [-0.25, -0.2) is 0 Å². The van der Waals surface area contributed by atoms with Gasteiger partial charge in [-0.2, -0.15) is 0 Å². The Labute approximate surface area is 144 Å². The molecule has 0 unspecified atom stereocenters. The van der Waals surface area contributed by atoms with Crippen molar-refractivity contribution in [3.8, 4) is 0 Å². The van der Waals surface area contributed by atoms with E-state index in [4.69, 9.17) is 0 Å². The van der Waals surface area contributed by atoms with Gasteiger partial charge in [0.05, 0.1) is 0 Å². The topological polar surface area (TPSA) is 80.3 Å². The Hall–Kier alpha value is -0.372. The molecule has 0 bridgehead atoms. The van der Waals surface area contributed by atoms with Crippen LogP contribution in [0.25, 0.3) is 0 Å². The summed E-state index contributed by atoms with van der Waals surface area (Å²) < 4.78 is 0. The zero-order chi connectivity index (χ0) is 15.6. The molecule has 0 aromatic rings. The molecule has 0 radical (unpaired) electrons. The smallest absolute Gasteiger partial charge is 0.550 e. The van der Waals surface area contributed by atoms with Crippen LogP contribution in [0.4, 0.5) is 0 Å². The number of carboxylic acid groups (broad SMARTS) is 2. The van der Waals surface area contributed by atoms with Gasteiger partial charge in [-0.3, -0.25) is 0 Å². The van der Waals surface area contributed by atoms with Gasteiger partial charge in [0.1, 0.15) is 0 Å². The minimum absolute atomic E-state index is 0.